The number of hydrogen-bond donors (Lipinski definition) is 3. The Bertz CT molecular complexity index is 943. The SMILES string of the molecule is C=C(C)[C@@H]1CC[C@]2(C(=O)O)C[C@H](C)[C@@H]3[C@H](CC[C@@H]4[C@@]3(C)CC[C@H]3[C@]4(C)CC[C@@H](O)[C@@]3(C)C(=O)O)[C@@H]12. The lowest BCUT2D eigenvalue weighted by molar-refractivity contribution is -0.233. The van der Waals surface area contributed by atoms with Gasteiger partial charge in [-0.1, -0.05) is 32.9 Å². The van der Waals surface area contributed by atoms with Gasteiger partial charge in [-0.25, -0.2) is 0 Å². The highest BCUT2D eigenvalue weighted by Gasteiger charge is 2.71. The third-order valence-corrected chi connectivity index (χ3v) is 13.0. The predicted octanol–water partition coefficient (Wildman–Crippen LogP) is 6.01. The molecule has 5 saturated carbocycles. The molecule has 0 heterocycles. The highest BCUT2D eigenvalue weighted by atomic mass is 16.4. The molecule has 5 aliphatic carbocycles. The van der Waals surface area contributed by atoms with Gasteiger partial charge in [-0.15, -0.1) is 0 Å². The summed E-state index contributed by atoms with van der Waals surface area (Å²) in [6.07, 6.45) is 6.99. The third-order valence-electron chi connectivity index (χ3n) is 13.0. The second kappa shape index (κ2) is 7.82. The summed E-state index contributed by atoms with van der Waals surface area (Å²) in [7, 11) is 0. The fourth-order valence-electron chi connectivity index (χ4n) is 11.8. The number of aliphatic carboxylic acids is 2. The second-order valence-electron chi connectivity index (χ2n) is 14.2. The number of carbonyl (C=O) groups is 2. The molecule has 5 heteroatoms. The van der Waals surface area contributed by atoms with Crippen LogP contribution in [0, 0.1) is 63.1 Å². The Morgan fingerprint density at radius 3 is 2.09 bits per heavy atom. The molecule has 5 aliphatic rings. The quantitative estimate of drug-likeness (QED) is 0.425. The third kappa shape index (κ3) is 3.03. The van der Waals surface area contributed by atoms with E-state index in [9.17, 15) is 24.9 Å². The summed E-state index contributed by atoms with van der Waals surface area (Å²) < 4.78 is 0. The van der Waals surface area contributed by atoms with Gasteiger partial charge in [-0.3, -0.25) is 9.59 Å². The van der Waals surface area contributed by atoms with E-state index in [1.54, 1.807) is 6.92 Å². The number of allylic oxidation sites excluding steroid dienone is 1. The summed E-state index contributed by atoms with van der Waals surface area (Å²) in [6, 6.07) is 0. The number of fused-ring (bicyclic) bond motifs is 7. The molecule has 0 amide bonds. The maximum absolute atomic E-state index is 12.8. The molecule has 5 rings (SSSR count). The summed E-state index contributed by atoms with van der Waals surface area (Å²) in [5, 5.41) is 31.6. The zero-order chi connectivity index (χ0) is 25.7. The summed E-state index contributed by atoms with van der Waals surface area (Å²) in [5.74, 6) is 0.564. The zero-order valence-electron chi connectivity index (χ0n) is 22.3. The van der Waals surface area contributed by atoms with Crippen molar-refractivity contribution in [2.45, 2.75) is 98.5 Å². The Kier molecular flexibility index (Phi) is 5.65. The van der Waals surface area contributed by atoms with Crippen molar-refractivity contribution in [2.24, 2.45) is 63.1 Å². The van der Waals surface area contributed by atoms with Gasteiger partial charge in [0, 0.05) is 0 Å². The first-order valence-corrected chi connectivity index (χ1v) is 14.1. The fourth-order valence-corrected chi connectivity index (χ4v) is 11.8. The van der Waals surface area contributed by atoms with E-state index in [1.165, 1.54) is 0 Å². The lowest BCUT2D eigenvalue weighted by Gasteiger charge is -2.69. The summed E-state index contributed by atoms with van der Waals surface area (Å²) in [4.78, 5) is 25.3. The summed E-state index contributed by atoms with van der Waals surface area (Å²) in [6.45, 7) is 15.3. The molecule has 12 atom stereocenters. The van der Waals surface area contributed by atoms with Crippen LogP contribution >= 0.6 is 0 Å². The Hall–Kier alpha value is -1.36. The van der Waals surface area contributed by atoms with Crippen LogP contribution in [0.5, 0.6) is 0 Å². The van der Waals surface area contributed by atoms with Gasteiger partial charge in [-0.05, 0) is 124 Å². The molecule has 0 aromatic carbocycles. The molecule has 5 fully saturated rings. The predicted molar refractivity (Wildman–Crippen MR) is 135 cm³/mol. The van der Waals surface area contributed by atoms with Crippen LogP contribution in [0.2, 0.25) is 0 Å². The molecule has 0 unspecified atom stereocenters. The molecule has 196 valence electrons. The van der Waals surface area contributed by atoms with Crippen molar-refractivity contribution in [3.8, 4) is 0 Å². The van der Waals surface area contributed by atoms with Crippen LogP contribution in [-0.4, -0.2) is 33.4 Å². The standard InChI is InChI=1S/C30H46O5/c1-16(2)18-9-14-30(26(34)35)15-17(3)23-19(24(18)30)7-8-20-27(4)13-11-22(31)29(6,25(32)33)21(27)10-12-28(20,23)5/h17-24,31H,1,7-15H2,2-6H3,(H,32,33)(H,34,35)/t17-,18-,19-,20-,21-,22+,23+,24+,27+,28+,29-,30-/m0/s1. The average Bonchev–Trinajstić information content (AvgIpc) is 3.17. The van der Waals surface area contributed by atoms with Crippen molar-refractivity contribution in [3.05, 3.63) is 12.2 Å². The van der Waals surface area contributed by atoms with E-state index >= 15 is 0 Å². The number of aliphatic hydroxyl groups excluding tert-OH is 1. The van der Waals surface area contributed by atoms with Gasteiger partial charge in [0.05, 0.1) is 16.9 Å². The highest BCUT2D eigenvalue weighted by Crippen LogP contribution is 2.74. The lowest BCUT2D eigenvalue weighted by Crippen LogP contribution is -2.66. The van der Waals surface area contributed by atoms with Crippen molar-refractivity contribution in [1.29, 1.82) is 0 Å². The van der Waals surface area contributed by atoms with Crippen LogP contribution in [0.3, 0.4) is 0 Å². The minimum absolute atomic E-state index is 0.0301. The number of carboxylic acids is 2. The smallest absolute Gasteiger partial charge is 0.312 e. The van der Waals surface area contributed by atoms with Gasteiger partial charge in [0.15, 0.2) is 0 Å². The maximum atomic E-state index is 12.8. The molecule has 0 aromatic heterocycles. The van der Waals surface area contributed by atoms with E-state index in [1.807, 2.05) is 0 Å². The first-order chi connectivity index (χ1) is 16.2. The van der Waals surface area contributed by atoms with Crippen molar-refractivity contribution >= 4 is 11.9 Å². The molecule has 0 aromatic rings. The summed E-state index contributed by atoms with van der Waals surface area (Å²) in [5.41, 5.74) is -0.617. The minimum Gasteiger partial charge on any atom is -0.481 e. The van der Waals surface area contributed by atoms with Gasteiger partial charge in [0.1, 0.15) is 0 Å². The first-order valence-electron chi connectivity index (χ1n) is 14.1. The van der Waals surface area contributed by atoms with Crippen LogP contribution in [0.15, 0.2) is 12.2 Å². The monoisotopic (exact) mass is 486 g/mol. The molecular weight excluding hydrogens is 440 g/mol. The topological polar surface area (TPSA) is 94.8 Å². The van der Waals surface area contributed by atoms with E-state index < -0.39 is 28.9 Å². The number of aliphatic hydroxyl groups is 1. The lowest BCUT2D eigenvalue weighted by atomic mass is 9.35. The molecule has 35 heavy (non-hydrogen) atoms. The van der Waals surface area contributed by atoms with E-state index in [2.05, 4.69) is 34.3 Å². The summed E-state index contributed by atoms with van der Waals surface area (Å²) >= 11 is 0. The molecule has 5 nitrogen and oxygen atoms in total. The van der Waals surface area contributed by atoms with Gasteiger partial charge in [0.25, 0.3) is 0 Å². The Morgan fingerprint density at radius 2 is 1.49 bits per heavy atom. The molecule has 0 saturated heterocycles. The molecule has 0 bridgehead atoms. The fraction of sp³-hybridized carbons (Fsp3) is 0.867. The van der Waals surface area contributed by atoms with Gasteiger partial charge < -0.3 is 15.3 Å². The Balaban J connectivity index is 1.56. The van der Waals surface area contributed by atoms with E-state index in [4.69, 9.17) is 0 Å². The van der Waals surface area contributed by atoms with Crippen molar-refractivity contribution in [3.63, 3.8) is 0 Å². The second-order valence-corrected chi connectivity index (χ2v) is 14.2. The van der Waals surface area contributed by atoms with Crippen molar-refractivity contribution in [2.75, 3.05) is 0 Å². The molecule has 0 radical (unpaired) electrons. The number of rotatable bonds is 3. The highest BCUT2D eigenvalue weighted by molar-refractivity contribution is 5.76. The van der Waals surface area contributed by atoms with Crippen LogP contribution in [0.4, 0.5) is 0 Å². The normalized spacial score (nSPS) is 55.1. The van der Waals surface area contributed by atoms with Gasteiger partial charge in [0.2, 0.25) is 0 Å². The molecule has 0 aliphatic heterocycles. The van der Waals surface area contributed by atoms with E-state index in [0.717, 1.165) is 56.9 Å². The maximum Gasteiger partial charge on any atom is 0.312 e. The zero-order valence-corrected chi connectivity index (χ0v) is 22.3. The van der Waals surface area contributed by atoms with Crippen molar-refractivity contribution in [1.82, 2.24) is 0 Å². The largest absolute Gasteiger partial charge is 0.481 e. The van der Waals surface area contributed by atoms with Gasteiger partial charge in [-0.2, -0.15) is 0 Å². The Labute approximate surface area is 210 Å². The number of carboxylic acid groups (broad SMARTS) is 2. The Morgan fingerprint density at radius 1 is 0.829 bits per heavy atom. The first kappa shape index (κ1) is 25.3. The van der Waals surface area contributed by atoms with E-state index in [-0.39, 0.29) is 22.7 Å². The van der Waals surface area contributed by atoms with Crippen LogP contribution in [-0.2, 0) is 9.59 Å². The number of hydrogen-bond acceptors (Lipinski definition) is 3. The molecular formula is C30H46O5. The van der Waals surface area contributed by atoms with Crippen LogP contribution < -0.4 is 0 Å². The van der Waals surface area contributed by atoms with Gasteiger partial charge >= 0.3 is 11.9 Å². The van der Waals surface area contributed by atoms with E-state index in [0.29, 0.717) is 36.0 Å². The van der Waals surface area contributed by atoms with Crippen LogP contribution in [0.25, 0.3) is 0 Å². The van der Waals surface area contributed by atoms with Crippen LogP contribution in [0.1, 0.15) is 92.4 Å². The van der Waals surface area contributed by atoms with Crippen molar-refractivity contribution < 1.29 is 24.9 Å². The minimum atomic E-state index is -1.10. The molecule has 0 spiro atoms. The molecule has 3 N–H and O–H groups in total. The average molecular weight is 487 g/mol.